The number of nitrogens with one attached hydrogen (secondary N) is 1. The molecule has 164 valence electrons. The summed E-state index contributed by atoms with van der Waals surface area (Å²) in [6, 6.07) is 9.67. The fraction of sp³-hybridized carbons (Fsp3) is 0.478. The van der Waals surface area contributed by atoms with Crippen LogP contribution in [0.15, 0.2) is 39.9 Å². The van der Waals surface area contributed by atoms with Crippen molar-refractivity contribution in [1.82, 2.24) is 19.1 Å². The maximum atomic E-state index is 12.9. The highest BCUT2D eigenvalue weighted by atomic mass is 16.5. The number of benzene rings is 1. The largest absolute Gasteiger partial charge is 0.457 e. The summed E-state index contributed by atoms with van der Waals surface area (Å²) in [6.07, 6.45) is 4.00. The van der Waals surface area contributed by atoms with Gasteiger partial charge in [-0.05, 0) is 31.2 Å². The number of esters is 1. The van der Waals surface area contributed by atoms with Crippen molar-refractivity contribution in [2.24, 2.45) is 0 Å². The molecule has 1 fully saturated rings. The molecule has 4 rings (SSSR count). The van der Waals surface area contributed by atoms with Crippen molar-refractivity contribution >= 4 is 17.1 Å². The average Bonchev–Trinajstić information content (AvgIpc) is 3.50. The van der Waals surface area contributed by atoms with Gasteiger partial charge in [-0.15, -0.1) is 0 Å². The van der Waals surface area contributed by atoms with E-state index in [1.807, 2.05) is 44.2 Å². The van der Waals surface area contributed by atoms with Crippen LogP contribution in [0.4, 0.5) is 0 Å². The van der Waals surface area contributed by atoms with Crippen LogP contribution in [0.5, 0.6) is 0 Å². The zero-order valence-corrected chi connectivity index (χ0v) is 18.0. The molecule has 1 aliphatic rings. The number of carbonyl (C=O) groups excluding carboxylic acids is 1. The van der Waals surface area contributed by atoms with Gasteiger partial charge in [-0.25, -0.2) is 9.78 Å². The van der Waals surface area contributed by atoms with E-state index < -0.39 is 16.7 Å². The van der Waals surface area contributed by atoms with Crippen molar-refractivity contribution < 1.29 is 9.53 Å². The summed E-state index contributed by atoms with van der Waals surface area (Å²) < 4.78 is 8.97. The molecule has 1 aromatic carbocycles. The Kier molecular flexibility index (Phi) is 5.80. The van der Waals surface area contributed by atoms with Crippen molar-refractivity contribution in [3.63, 3.8) is 0 Å². The number of carbonyl (C=O) groups is 1. The zero-order valence-electron chi connectivity index (χ0n) is 18.0. The summed E-state index contributed by atoms with van der Waals surface area (Å²) in [5, 5.41) is 0. The van der Waals surface area contributed by atoms with Gasteiger partial charge < -0.3 is 9.30 Å². The van der Waals surface area contributed by atoms with Gasteiger partial charge in [0.25, 0.3) is 5.56 Å². The average molecular weight is 425 g/mol. The Morgan fingerprint density at radius 2 is 1.84 bits per heavy atom. The van der Waals surface area contributed by atoms with Crippen LogP contribution in [0.2, 0.25) is 0 Å². The lowest BCUT2D eigenvalue weighted by atomic mass is 9.96. The molecule has 2 aromatic heterocycles. The third kappa shape index (κ3) is 3.82. The number of aromatic nitrogens is 4. The van der Waals surface area contributed by atoms with Crippen LogP contribution >= 0.6 is 0 Å². The van der Waals surface area contributed by atoms with E-state index in [2.05, 4.69) is 9.97 Å². The highest BCUT2D eigenvalue weighted by Gasteiger charge is 2.52. The Hall–Kier alpha value is -3.16. The fourth-order valence-corrected chi connectivity index (χ4v) is 4.08. The Morgan fingerprint density at radius 1 is 1.10 bits per heavy atom. The lowest BCUT2D eigenvalue weighted by Crippen LogP contribution is -2.31. The molecule has 8 nitrogen and oxygen atoms in total. The van der Waals surface area contributed by atoms with E-state index in [1.165, 1.54) is 4.57 Å². The standard InChI is InChI=1S/C23H28N4O4/c1-3-5-14-27-19-18(20(28)25-22(27)30)26(13-4-2)17(24-19)15-31-21(29)23(11-12-23)16-9-7-6-8-10-16/h6-10H,3-5,11-15H2,1-2H3,(H,25,28,30). The molecule has 1 aliphatic carbocycles. The second-order valence-electron chi connectivity index (χ2n) is 8.14. The second-order valence-corrected chi connectivity index (χ2v) is 8.14. The first kappa shape index (κ1) is 21.1. The van der Waals surface area contributed by atoms with Crippen LogP contribution in [0.25, 0.3) is 11.2 Å². The van der Waals surface area contributed by atoms with E-state index in [1.54, 1.807) is 4.57 Å². The van der Waals surface area contributed by atoms with Crippen LogP contribution in [-0.2, 0) is 34.6 Å². The molecule has 2 heterocycles. The number of hydrogen-bond acceptors (Lipinski definition) is 5. The first-order chi connectivity index (χ1) is 15.0. The van der Waals surface area contributed by atoms with Gasteiger partial charge in [0.05, 0.1) is 5.41 Å². The monoisotopic (exact) mass is 424 g/mol. The van der Waals surface area contributed by atoms with Gasteiger partial charge in [0.2, 0.25) is 0 Å². The molecule has 1 N–H and O–H groups in total. The molecule has 8 heteroatoms. The molecule has 0 aliphatic heterocycles. The molecule has 0 bridgehead atoms. The SMILES string of the molecule is CCCCn1c(=O)[nH]c(=O)c2c1nc(COC(=O)C1(c3ccccc3)CC1)n2CCC. The Morgan fingerprint density at radius 3 is 2.48 bits per heavy atom. The maximum Gasteiger partial charge on any atom is 0.330 e. The van der Waals surface area contributed by atoms with Crippen molar-refractivity contribution in [1.29, 1.82) is 0 Å². The van der Waals surface area contributed by atoms with Crippen molar-refractivity contribution in [2.45, 2.75) is 71.1 Å². The molecule has 0 radical (unpaired) electrons. The lowest BCUT2D eigenvalue weighted by Gasteiger charge is -2.15. The van der Waals surface area contributed by atoms with Crippen LogP contribution in [0.3, 0.4) is 0 Å². The van der Waals surface area contributed by atoms with Gasteiger partial charge in [0.1, 0.15) is 12.4 Å². The Bertz CT molecular complexity index is 1200. The minimum Gasteiger partial charge on any atom is -0.457 e. The summed E-state index contributed by atoms with van der Waals surface area (Å²) in [7, 11) is 0. The number of aryl methyl sites for hydroxylation is 2. The van der Waals surface area contributed by atoms with E-state index in [9.17, 15) is 14.4 Å². The van der Waals surface area contributed by atoms with Crippen LogP contribution in [0.1, 0.15) is 57.3 Å². The summed E-state index contributed by atoms with van der Waals surface area (Å²) in [6.45, 7) is 5.01. The van der Waals surface area contributed by atoms with Gasteiger partial charge in [0, 0.05) is 13.1 Å². The second kappa shape index (κ2) is 8.53. The molecule has 0 atom stereocenters. The lowest BCUT2D eigenvalue weighted by molar-refractivity contribution is -0.148. The number of H-pyrrole nitrogens is 1. The summed E-state index contributed by atoms with van der Waals surface area (Å²) >= 11 is 0. The molecule has 3 aromatic rings. The highest BCUT2D eigenvalue weighted by molar-refractivity contribution is 5.86. The maximum absolute atomic E-state index is 12.9. The molecule has 0 spiro atoms. The van der Waals surface area contributed by atoms with Crippen LogP contribution in [-0.4, -0.2) is 25.1 Å². The Balaban J connectivity index is 1.66. The van der Waals surface area contributed by atoms with E-state index in [0.717, 1.165) is 37.7 Å². The molecule has 1 saturated carbocycles. The third-order valence-electron chi connectivity index (χ3n) is 5.95. The molecule has 0 unspecified atom stereocenters. The first-order valence-electron chi connectivity index (χ1n) is 11.0. The van der Waals surface area contributed by atoms with Gasteiger partial charge in [0.15, 0.2) is 11.2 Å². The number of unbranched alkanes of at least 4 members (excludes halogenated alkanes) is 1. The van der Waals surface area contributed by atoms with E-state index in [-0.39, 0.29) is 12.6 Å². The molecule has 0 saturated heterocycles. The van der Waals surface area contributed by atoms with Gasteiger partial charge in [-0.3, -0.25) is 19.1 Å². The summed E-state index contributed by atoms with van der Waals surface area (Å²) in [5.74, 6) is 0.210. The number of nitrogens with zero attached hydrogens (tertiary/aromatic N) is 3. The molecular weight excluding hydrogens is 396 g/mol. The molecule has 31 heavy (non-hydrogen) atoms. The van der Waals surface area contributed by atoms with Crippen LogP contribution in [0, 0.1) is 0 Å². The predicted molar refractivity (Wildman–Crippen MR) is 117 cm³/mol. The van der Waals surface area contributed by atoms with E-state index >= 15 is 0 Å². The highest BCUT2D eigenvalue weighted by Crippen LogP contribution is 2.49. The van der Waals surface area contributed by atoms with Gasteiger partial charge in [-0.1, -0.05) is 50.6 Å². The third-order valence-corrected chi connectivity index (χ3v) is 5.95. The van der Waals surface area contributed by atoms with Crippen LogP contribution < -0.4 is 11.2 Å². The first-order valence-corrected chi connectivity index (χ1v) is 11.0. The molecular formula is C23H28N4O4. The number of aromatic amines is 1. The quantitative estimate of drug-likeness (QED) is 0.533. The number of ether oxygens (including phenoxy) is 1. The van der Waals surface area contributed by atoms with Gasteiger partial charge in [-0.2, -0.15) is 0 Å². The van der Waals surface area contributed by atoms with Crippen molar-refractivity contribution in [3.05, 3.63) is 62.6 Å². The fourth-order valence-electron chi connectivity index (χ4n) is 4.08. The number of hydrogen-bond donors (Lipinski definition) is 1. The van der Waals surface area contributed by atoms with Crippen molar-refractivity contribution in [2.75, 3.05) is 0 Å². The van der Waals surface area contributed by atoms with Gasteiger partial charge >= 0.3 is 11.7 Å². The minimum atomic E-state index is -0.580. The predicted octanol–water partition coefficient (Wildman–Crippen LogP) is 2.87. The minimum absolute atomic E-state index is 0.0382. The smallest absolute Gasteiger partial charge is 0.330 e. The normalized spacial score (nSPS) is 14.6. The summed E-state index contributed by atoms with van der Waals surface area (Å²) in [4.78, 5) is 44.9. The van der Waals surface area contributed by atoms with Crippen molar-refractivity contribution in [3.8, 4) is 0 Å². The Labute approximate surface area is 179 Å². The van der Waals surface area contributed by atoms with E-state index in [0.29, 0.717) is 30.1 Å². The number of rotatable bonds is 9. The topological polar surface area (TPSA) is 99.0 Å². The number of fused-ring (bicyclic) bond motifs is 1. The van der Waals surface area contributed by atoms with E-state index in [4.69, 9.17) is 4.74 Å². The number of imidazole rings is 1. The summed E-state index contributed by atoms with van der Waals surface area (Å²) in [5.41, 5.74) is 0.167. The zero-order chi connectivity index (χ0) is 22.0. The molecule has 0 amide bonds.